The lowest BCUT2D eigenvalue weighted by molar-refractivity contribution is 0.0696. The monoisotopic (exact) mass is 219 g/mol. The van der Waals surface area contributed by atoms with Crippen LogP contribution in [0, 0.1) is 0 Å². The molecule has 1 aromatic rings. The first-order chi connectivity index (χ1) is 7.66. The van der Waals surface area contributed by atoms with E-state index in [1.165, 1.54) is 5.56 Å². The summed E-state index contributed by atoms with van der Waals surface area (Å²) in [6.07, 6.45) is 2.25. The third-order valence-corrected chi connectivity index (χ3v) is 3.32. The van der Waals surface area contributed by atoms with Crippen LogP contribution in [0.15, 0.2) is 24.3 Å². The second kappa shape index (κ2) is 4.66. The Balaban J connectivity index is 2.14. The van der Waals surface area contributed by atoms with Gasteiger partial charge in [0.15, 0.2) is 0 Å². The molecule has 0 atom stereocenters. The van der Waals surface area contributed by atoms with Crippen LogP contribution in [-0.2, 0) is 0 Å². The van der Waals surface area contributed by atoms with E-state index < -0.39 is 5.97 Å². The van der Waals surface area contributed by atoms with Crippen molar-refractivity contribution in [3.05, 3.63) is 35.4 Å². The molecule has 86 valence electrons. The molecule has 0 aromatic heterocycles. The van der Waals surface area contributed by atoms with Gasteiger partial charge in [0.05, 0.1) is 5.56 Å². The zero-order valence-corrected chi connectivity index (χ0v) is 9.52. The molecule has 1 aromatic carbocycles. The van der Waals surface area contributed by atoms with Gasteiger partial charge in [0.25, 0.3) is 0 Å². The summed E-state index contributed by atoms with van der Waals surface area (Å²) in [5, 5.41) is 8.94. The molecule has 1 saturated heterocycles. The zero-order chi connectivity index (χ0) is 11.5. The molecule has 3 nitrogen and oxygen atoms in total. The third kappa shape index (κ3) is 2.42. The number of aromatic carboxylic acids is 1. The summed E-state index contributed by atoms with van der Waals surface area (Å²) in [5.74, 6) is -0.315. The minimum atomic E-state index is -0.838. The normalized spacial score (nSPS) is 18.6. The van der Waals surface area contributed by atoms with Crippen molar-refractivity contribution in [2.75, 3.05) is 20.1 Å². The predicted octanol–water partition coefficient (Wildman–Crippen LogP) is 2.19. The fourth-order valence-electron chi connectivity index (χ4n) is 2.27. The smallest absolute Gasteiger partial charge is 0.335 e. The summed E-state index contributed by atoms with van der Waals surface area (Å²) in [7, 11) is 2.13. The fraction of sp³-hybridized carbons (Fsp3) is 0.462. The Labute approximate surface area is 95.7 Å². The van der Waals surface area contributed by atoms with Crippen LogP contribution in [-0.4, -0.2) is 36.1 Å². The Kier molecular flexibility index (Phi) is 3.25. The van der Waals surface area contributed by atoms with Crippen molar-refractivity contribution < 1.29 is 9.90 Å². The lowest BCUT2D eigenvalue weighted by Crippen LogP contribution is -2.29. The molecule has 3 heteroatoms. The lowest BCUT2D eigenvalue weighted by atomic mass is 9.89. The van der Waals surface area contributed by atoms with Crippen LogP contribution in [0.5, 0.6) is 0 Å². The van der Waals surface area contributed by atoms with Gasteiger partial charge in [0, 0.05) is 0 Å². The number of carbonyl (C=O) groups is 1. The first-order valence-electron chi connectivity index (χ1n) is 5.68. The minimum Gasteiger partial charge on any atom is -0.478 e. The molecule has 1 N–H and O–H groups in total. The van der Waals surface area contributed by atoms with Gasteiger partial charge in [-0.25, -0.2) is 4.79 Å². The summed E-state index contributed by atoms with van der Waals surface area (Å²) in [4.78, 5) is 13.2. The van der Waals surface area contributed by atoms with Gasteiger partial charge in [0.1, 0.15) is 0 Å². The van der Waals surface area contributed by atoms with Gasteiger partial charge in [-0.1, -0.05) is 12.1 Å². The average molecular weight is 219 g/mol. The highest BCUT2D eigenvalue weighted by molar-refractivity contribution is 5.87. The highest BCUT2D eigenvalue weighted by Gasteiger charge is 2.18. The van der Waals surface area contributed by atoms with Crippen LogP contribution in [0.2, 0.25) is 0 Å². The molecule has 0 radical (unpaired) electrons. The van der Waals surface area contributed by atoms with Crippen molar-refractivity contribution in [1.29, 1.82) is 0 Å². The SMILES string of the molecule is CN1CCC(c2cccc(C(=O)O)c2)CC1. The van der Waals surface area contributed by atoms with Crippen molar-refractivity contribution in [3.8, 4) is 0 Å². The second-order valence-corrected chi connectivity index (χ2v) is 4.51. The topological polar surface area (TPSA) is 40.5 Å². The molecule has 0 amide bonds. The molecule has 0 bridgehead atoms. The molecule has 1 heterocycles. The van der Waals surface area contributed by atoms with Crippen molar-refractivity contribution in [1.82, 2.24) is 4.90 Å². The molecule has 2 rings (SSSR count). The van der Waals surface area contributed by atoms with Crippen molar-refractivity contribution in [2.45, 2.75) is 18.8 Å². The van der Waals surface area contributed by atoms with Crippen LogP contribution in [0.4, 0.5) is 0 Å². The Morgan fingerprint density at radius 3 is 2.69 bits per heavy atom. The van der Waals surface area contributed by atoms with E-state index in [4.69, 9.17) is 5.11 Å². The average Bonchev–Trinajstić information content (AvgIpc) is 2.30. The van der Waals surface area contributed by atoms with Crippen molar-refractivity contribution >= 4 is 5.97 Å². The van der Waals surface area contributed by atoms with Crippen LogP contribution < -0.4 is 0 Å². The number of hydrogen-bond donors (Lipinski definition) is 1. The zero-order valence-electron chi connectivity index (χ0n) is 9.52. The van der Waals surface area contributed by atoms with Crippen molar-refractivity contribution in [3.63, 3.8) is 0 Å². The van der Waals surface area contributed by atoms with Gasteiger partial charge in [-0.3, -0.25) is 0 Å². The van der Waals surface area contributed by atoms with Gasteiger partial charge in [-0.05, 0) is 56.6 Å². The predicted molar refractivity (Wildman–Crippen MR) is 62.9 cm³/mol. The number of carboxylic acids is 1. The largest absolute Gasteiger partial charge is 0.478 e. The first-order valence-corrected chi connectivity index (χ1v) is 5.68. The van der Waals surface area contributed by atoms with E-state index in [0.29, 0.717) is 11.5 Å². The summed E-state index contributed by atoms with van der Waals surface area (Å²) >= 11 is 0. The van der Waals surface area contributed by atoms with Crippen molar-refractivity contribution in [2.24, 2.45) is 0 Å². The van der Waals surface area contributed by atoms with E-state index in [1.54, 1.807) is 6.07 Å². The number of piperidine rings is 1. The molecule has 0 spiro atoms. The van der Waals surface area contributed by atoms with E-state index >= 15 is 0 Å². The van der Waals surface area contributed by atoms with E-state index in [2.05, 4.69) is 11.9 Å². The maximum absolute atomic E-state index is 10.9. The van der Waals surface area contributed by atoms with Gasteiger partial charge < -0.3 is 10.0 Å². The maximum atomic E-state index is 10.9. The summed E-state index contributed by atoms with van der Waals surface area (Å²) in [6, 6.07) is 7.36. The Morgan fingerprint density at radius 1 is 1.38 bits per heavy atom. The van der Waals surface area contributed by atoms with E-state index in [1.807, 2.05) is 18.2 Å². The van der Waals surface area contributed by atoms with E-state index in [9.17, 15) is 4.79 Å². The molecule has 1 fully saturated rings. The number of likely N-dealkylation sites (tertiary alicyclic amines) is 1. The molecule has 0 saturated carbocycles. The van der Waals surface area contributed by atoms with Crippen LogP contribution in [0.25, 0.3) is 0 Å². The number of nitrogens with zero attached hydrogens (tertiary/aromatic N) is 1. The molecular weight excluding hydrogens is 202 g/mol. The Hall–Kier alpha value is -1.35. The van der Waals surface area contributed by atoms with Gasteiger partial charge >= 0.3 is 5.97 Å². The molecule has 1 aliphatic heterocycles. The molecular formula is C13H17NO2. The second-order valence-electron chi connectivity index (χ2n) is 4.51. The Bertz CT molecular complexity index is 381. The Morgan fingerprint density at radius 2 is 2.06 bits per heavy atom. The van der Waals surface area contributed by atoms with Gasteiger partial charge in [0.2, 0.25) is 0 Å². The maximum Gasteiger partial charge on any atom is 0.335 e. The van der Waals surface area contributed by atoms with E-state index in [0.717, 1.165) is 25.9 Å². The number of benzene rings is 1. The summed E-state index contributed by atoms with van der Waals surface area (Å²) < 4.78 is 0. The third-order valence-electron chi connectivity index (χ3n) is 3.32. The quantitative estimate of drug-likeness (QED) is 0.829. The highest BCUT2D eigenvalue weighted by Crippen LogP contribution is 2.27. The lowest BCUT2D eigenvalue weighted by Gasteiger charge is -2.29. The number of hydrogen-bond acceptors (Lipinski definition) is 2. The minimum absolute atomic E-state index is 0.399. The van der Waals surface area contributed by atoms with Crippen LogP contribution in [0.3, 0.4) is 0 Å². The van der Waals surface area contributed by atoms with Crippen LogP contribution >= 0.6 is 0 Å². The van der Waals surface area contributed by atoms with Gasteiger partial charge in [-0.15, -0.1) is 0 Å². The molecule has 1 aliphatic rings. The summed E-state index contributed by atoms with van der Waals surface area (Å²) in [6.45, 7) is 2.20. The summed E-state index contributed by atoms with van der Waals surface area (Å²) in [5.41, 5.74) is 1.57. The van der Waals surface area contributed by atoms with E-state index in [-0.39, 0.29) is 0 Å². The number of rotatable bonds is 2. The van der Waals surface area contributed by atoms with Gasteiger partial charge in [-0.2, -0.15) is 0 Å². The highest BCUT2D eigenvalue weighted by atomic mass is 16.4. The molecule has 16 heavy (non-hydrogen) atoms. The fourth-order valence-corrected chi connectivity index (χ4v) is 2.27. The first kappa shape index (κ1) is 11.1. The standard InChI is InChI=1S/C13H17NO2/c1-14-7-5-10(6-8-14)11-3-2-4-12(9-11)13(15)16/h2-4,9-10H,5-8H2,1H3,(H,15,16). The molecule has 0 aliphatic carbocycles. The number of carboxylic acid groups (broad SMARTS) is 1. The molecule has 0 unspecified atom stereocenters. The van der Waals surface area contributed by atoms with Crippen LogP contribution in [0.1, 0.15) is 34.7 Å².